The Balaban J connectivity index is 1.69. The number of aliphatic hydroxyl groups excluding tert-OH is 1. The van der Waals surface area contributed by atoms with E-state index in [1.54, 1.807) is 30.0 Å². The molecule has 218 valence electrons. The number of fused-ring (bicyclic) bond motifs is 1. The minimum absolute atomic E-state index is 0.0245. The number of sulfonamides is 1. The van der Waals surface area contributed by atoms with Gasteiger partial charge in [0.15, 0.2) is 5.75 Å². The van der Waals surface area contributed by atoms with Gasteiger partial charge in [-0.15, -0.1) is 0 Å². The first-order valence-electron chi connectivity index (χ1n) is 13.3. The van der Waals surface area contributed by atoms with E-state index in [0.29, 0.717) is 36.8 Å². The number of nitrogens with one attached hydrogen (secondary N) is 1. The fraction of sp³-hybridized carbons (Fsp3) is 0.500. The van der Waals surface area contributed by atoms with Crippen LogP contribution >= 0.6 is 11.6 Å². The van der Waals surface area contributed by atoms with Gasteiger partial charge in [-0.05, 0) is 56.2 Å². The van der Waals surface area contributed by atoms with E-state index in [1.165, 1.54) is 35.6 Å². The van der Waals surface area contributed by atoms with Gasteiger partial charge >= 0.3 is 0 Å². The summed E-state index contributed by atoms with van der Waals surface area (Å²) in [6.07, 6.45) is 0.499. The van der Waals surface area contributed by atoms with Crippen molar-refractivity contribution in [1.82, 2.24) is 9.21 Å². The lowest BCUT2D eigenvalue weighted by Crippen LogP contribution is -2.50. The highest BCUT2D eigenvalue weighted by molar-refractivity contribution is 7.89. The molecule has 3 atom stereocenters. The molecule has 0 unspecified atom stereocenters. The van der Waals surface area contributed by atoms with Crippen LogP contribution in [-0.2, 0) is 19.6 Å². The van der Waals surface area contributed by atoms with Crippen LogP contribution in [0.5, 0.6) is 5.75 Å². The Morgan fingerprint density at radius 2 is 1.88 bits per heavy atom. The number of carbonyl (C=O) groups is 2. The number of halogens is 1. The third-order valence-corrected chi connectivity index (χ3v) is 9.59. The van der Waals surface area contributed by atoms with Gasteiger partial charge in [0.25, 0.3) is 5.91 Å². The van der Waals surface area contributed by atoms with E-state index in [4.69, 9.17) is 21.1 Å². The molecule has 0 aliphatic carbocycles. The molecule has 1 fully saturated rings. The molecule has 2 aromatic carbocycles. The number of amides is 2. The van der Waals surface area contributed by atoms with E-state index >= 15 is 0 Å². The topological polar surface area (TPSA) is 125 Å². The first-order chi connectivity index (χ1) is 19.0. The largest absolute Gasteiger partial charge is 0.486 e. The molecule has 40 heavy (non-hydrogen) atoms. The van der Waals surface area contributed by atoms with Crippen molar-refractivity contribution in [3.63, 3.8) is 0 Å². The van der Waals surface area contributed by atoms with Crippen molar-refractivity contribution in [3.8, 4) is 5.75 Å². The maximum Gasteiger partial charge on any atom is 0.258 e. The molecule has 2 N–H and O–H groups in total. The number of carbonyl (C=O) groups excluding carboxylic acids is 2. The number of hydrogen-bond donors (Lipinski definition) is 2. The van der Waals surface area contributed by atoms with Crippen LogP contribution < -0.4 is 10.1 Å². The molecule has 10 nitrogen and oxygen atoms in total. The zero-order valence-corrected chi connectivity index (χ0v) is 24.5. The number of nitrogens with zero attached hydrogens (tertiary/aromatic N) is 2. The van der Waals surface area contributed by atoms with Gasteiger partial charge in [0, 0.05) is 43.7 Å². The highest BCUT2D eigenvalue weighted by Crippen LogP contribution is 2.36. The number of anilines is 1. The van der Waals surface area contributed by atoms with Crippen LogP contribution in [0.15, 0.2) is 47.4 Å². The summed E-state index contributed by atoms with van der Waals surface area (Å²) in [6.45, 7) is 4.58. The second kappa shape index (κ2) is 12.9. The van der Waals surface area contributed by atoms with Crippen LogP contribution in [-0.4, -0.2) is 86.6 Å². The van der Waals surface area contributed by atoms with Crippen molar-refractivity contribution < 1.29 is 32.6 Å². The lowest BCUT2D eigenvalue weighted by Gasteiger charge is -2.38. The fourth-order valence-electron chi connectivity index (χ4n) is 4.89. The summed E-state index contributed by atoms with van der Waals surface area (Å²) < 4.78 is 39.7. The van der Waals surface area contributed by atoms with E-state index in [-0.39, 0.29) is 59.6 Å². The van der Waals surface area contributed by atoms with Gasteiger partial charge in [-0.1, -0.05) is 24.6 Å². The number of hydrogen-bond acceptors (Lipinski definition) is 7. The molecule has 0 aromatic heterocycles. The summed E-state index contributed by atoms with van der Waals surface area (Å²) >= 11 is 5.95. The molecular weight excluding hydrogens is 558 g/mol. The van der Waals surface area contributed by atoms with E-state index in [1.807, 2.05) is 6.92 Å². The predicted octanol–water partition coefficient (Wildman–Crippen LogP) is 3.25. The van der Waals surface area contributed by atoms with Crippen LogP contribution in [0.4, 0.5) is 5.69 Å². The Bertz CT molecular complexity index is 1320. The fourth-order valence-corrected chi connectivity index (χ4v) is 6.20. The summed E-state index contributed by atoms with van der Waals surface area (Å²) in [5, 5.41) is 13.3. The SMILES string of the molecule is C[C@H](CO)N1C[C@H](C)[C@@H](CN(C)S(=O)(=O)c2ccc(Cl)cc2)Oc2c(NC(=O)C3CCOCC3)cccc2C1=O. The van der Waals surface area contributed by atoms with Crippen molar-refractivity contribution in [2.45, 2.75) is 43.7 Å². The van der Waals surface area contributed by atoms with Crippen molar-refractivity contribution in [3.05, 3.63) is 53.1 Å². The third-order valence-electron chi connectivity index (χ3n) is 7.50. The maximum atomic E-state index is 13.7. The Hall–Kier alpha value is -2.70. The third kappa shape index (κ3) is 6.60. The molecule has 12 heteroatoms. The quantitative estimate of drug-likeness (QED) is 0.481. The minimum Gasteiger partial charge on any atom is -0.486 e. The second-order valence-electron chi connectivity index (χ2n) is 10.4. The summed E-state index contributed by atoms with van der Waals surface area (Å²) in [5.74, 6) is -0.913. The van der Waals surface area contributed by atoms with Gasteiger partial charge in [0.2, 0.25) is 15.9 Å². The van der Waals surface area contributed by atoms with E-state index in [9.17, 15) is 23.1 Å². The number of benzene rings is 2. The maximum absolute atomic E-state index is 13.7. The zero-order chi connectivity index (χ0) is 29.0. The van der Waals surface area contributed by atoms with Gasteiger partial charge in [-0.25, -0.2) is 8.42 Å². The number of ether oxygens (including phenoxy) is 2. The van der Waals surface area contributed by atoms with Crippen molar-refractivity contribution in [1.29, 1.82) is 0 Å². The molecule has 2 heterocycles. The minimum atomic E-state index is -3.87. The molecule has 2 aromatic rings. The summed E-state index contributed by atoms with van der Waals surface area (Å²) in [7, 11) is -2.40. The van der Waals surface area contributed by atoms with Gasteiger partial charge in [-0.3, -0.25) is 9.59 Å². The summed E-state index contributed by atoms with van der Waals surface area (Å²) in [4.78, 5) is 28.4. The van der Waals surface area contributed by atoms with Crippen molar-refractivity contribution in [2.75, 3.05) is 45.3 Å². The predicted molar refractivity (Wildman–Crippen MR) is 151 cm³/mol. The first-order valence-corrected chi connectivity index (χ1v) is 15.2. The van der Waals surface area contributed by atoms with Crippen LogP contribution in [0.25, 0.3) is 0 Å². The molecule has 0 saturated carbocycles. The molecular formula is C28H36ClN3O7S. The lowest BCUT2D eigenvalue weighted by molar-refractivity contribution is -0.122. The number of rotatable bonds is 8. The molecule has 0 bridgehead atoms. The van der Waals surface area contributed by atoms with Gasteiger partial charge in [0.1, 0.15) is 6.10 Å². The van der Waals surface area contributed by atoms with Crippen LogP contribution in [0.2, 0.25) is 5.02 Å². The van der Waals surface area contributed by atoms with Crippen LogP contribution in [0.3, 0.4) is 0 Å². The second-order valence-corrected chi connectivity index (χ2v) is 12.9. The molecule has 2 aliphatic rings. The van der Waals surface area contributed by atoms with Crippen molar-refractivity contribution in [2.24, 2.45) is 11.8 Å². The van der Waals surface area contributed by atoms with Gasteiger partial charge < -0.3 is 24.8 Å². The van der Waals surface area contributed by atoms with E-state index in [2.05, 4.69) is 5.32 Å². The monoisotopic (exact) mass is 593 g/mol. The molecule has 2 aliphatic heterocycles. The Morgan fingerprint density at radius 3 is 2.52 bits per heavy atom. The molecule has 0 radical (unpaired) electrons. The standard InChI is InChI=1S/C28H36ClN3O7S/c1-18-15-32(19(2)17-33)28(35)23-5-4-6-24(30-27(34)20-11-13-38-14-12-20)26(23)39-25(18)16-31(3)40(36,37)22-9-7-21(29)8-10-22/h4-10,18-20,25,33H,11-17H2,1-3H3,(H,30,34)/t18-,19+,25+/m0/s1. The first kappa shape index (κ1) is 30.3. The highest BCUT2D eigenvalue weighted by Gasteiger charge is 2.36. The smallest absolute Gasteiger partial charge is 0.258 e. The molecule has 1 saturated heterocycles. The molecule has 4 rings (SSSR count). The number of para-hydroxylation sites is 1. The number of likely N-dealkylation sites (N-methyl/N-ethyl adjacent to an activating group) is 1. The van der Waals surface area contributed by atoms with Crippen molar-refractivity contribution >= 4 is 39.1 Å². The normalized spacial score (nSPS) is 21.2. The lowest BCUT2D eigenvalue weighted by atomic mass is 9.98. The highest BCUT2D eigenvalue weighted by atomic mass is 35.5. The van der Waals surface area contributed by atoms with Crippen LogP contribution in [0.1, 0.15) is 37.0 Å². The Kier molecular flexibility index (Phi) is 9.73. The molecule has 2 amide bonds. The molecule has 0 spiro atoms. The van der Waals surface area contributed by atoms with Gasteiger partial charge in [-0.2, -0.15) is 4.31 Å². The van der Waals surface area contributed by atoms with E-state index < -0.39 is 22.2 Å². The Labute approximate surface area is 240 Å². The zero-order valence-electron chi connectivity index (χ0n) is 22.9. The van der Waals surface area contributed by atoms with Gasteiger partial charge in [0.05, 0.1) is 35.3 Å². The average Bonchev–Trinajstić information content (AvgIpc) is 2.95. The van der Waals surface area contributed by atoms with E-state index in [0.717, 1.165) is 0 Å². The van der Waals surface area contributed by atoms with Crippen LogP contribution in [0, 0.1) is 11.8 Å². The summed E-state index contributed by atoms with van der Waals surface area (Å²) in [5.41, 5.74) is 0.562. The average molecular weight is 594 g/mol. The Morgan fingerprint density at radius 1 is 1.20 bits per heavy atom. The number of aliphatic hydroxyl groups is 1. The summed E-state index contributed by atoms with van der Waals surface area (Å²) in [6, 6.07) is 10.4.